The first-order valence-electron chi connectivity index (χ1n) is 10.1. The van der Waals surface area contributed by atoms with Crippen molar-refractivity contribution in [2.24, 2.45) is 0 Å². The van der Waals surface area contributed by atoms with E-state index < -0.39 is 5.63 Å². The molecular weight excluding hydrogens is 488 g/mol. The van der Waals surface area contributed by atoms with E-state index in [9.17, 15) is 9.59 Å². The fourth-order valence-electron chi connectivity index (χ4n) is 3.63. The first-order chi connectivity index (χ1) is 16.0. The van der Waals surface area contributed by atoms with Crippen molar-refractivity contribution in [2.75, 3.05) is 13.7 Å². The zero-order valence-electron chi connectivity index (χ0n) is 17.5. The molecule has 0 aliphatic heterocycles. The summed E-state index contributed by atoms with van der Waals surface area (Å²) in [7, 11) is 1.57. The average molecular weight is 505 g/mol. The van der Waals surface area contributed by atoms with Gasteiger partial charge in [-0.25, -0.2) is 4.79 Å². The number of hydrogen-bond acceptors (Lipinski definition) is 6. The third-order valence-electron chi connectivity index (χ3n) is 5.24. The summed E-state index contributed by atoms with van der Waals surface area (Å²) in [4.78, 5) is 24.6. The highest BCUT2D eigenvalue weighted by atomic mass is 79.9. The number of halogens is 1. The maximum atomic E-state index is 12.5. The molecule has 0 saturated heterocycles. The van der Waals surface area contributed by atoms with Crippen molar-refractivity contribution in [3.63, 3.8) is 0 Å². The summed E-state index contributed by atoms with van der Waals surface area (Å²) in [5.41, 5.74) is 1.59. The van der Waals surface area contributed by atoms with Crippen LogP contribution in [0, 0.1) is 0 Å². The maximum Gasteiger partial charge on any atom is 0.336 e. The molecule has 0 spiro atoms. The molecule has 164 valence electrons. The number of carbonyl (C=O) groups excluding carboxylic acids is 1. The van der Waals surface area contributed by atoms with Gasteiger partial charge in [-0.2, -0.15) is 0 Å². The Morgan fingerprint density at radius 1 is 0.970 bits per heavy atom. The number of rotatable bonds is 6. The summed E-state index contributed by atoms with van der Waals surface area (Å²) in [6, 6.07) is 20.9. The van der Waals surface area contributed by atoms with Crippen molar-refractivity contribution in [2.45, 2.75) is 0 Å². The summed E-state index contributed by atoms with van der Waals surface area (Å²) in [6.45, 7) is -0.124. The predicted octanol–water partition coefficient (Wildman–Crippen LogP) is 6.24. The summed E-state index contributed by atoms with van der Waals surface area (Å²) >= 11 is 3.36. The van der Waals surface area contributed by atoms with E-state index in [1.807, 2.05) is 24.3 Å². The second kappa shape index (κ2) is 8.60. The van der Waals surface area contributed by atoms with Crippen LogP contribution in [0.25, 0.3) is 33.3 Å². The van der Waals surface area contributed by atoms with Crippen molar-refractivity contribution < 1.29 is 23.1 Å². The maximum absolute atomic E-state index is 12.5. The van der Waals surface area contributed by atoms with E-state index in [1.54, 1.807) is 49.6 Å². The number of ketones is 1. The molecule has 0 unspecified atom stereocenters. The number of ether oxygens (including phenoxy) is 2. The van der Waals surface area contributed by atoms with Crippen LogP contribution in [0.15, 0.2) is 90.9 Å². The largest absolute Gasteiger partial charge is 0.493 e. The summed E-state index contributed by atoms with van der Waals surface area (Å²) in [5.74, 6) is 1.42. The number of fused-ring (bicyclic) bond motifs is 2. The summed E-state index contributed by atoms with van der Waals surface area (Å²) < 4.78 is 23.4. The Labute approximate surface area is 196 Å². The van der Waals surface area contributed by atoms with Gasteiger partial charge in [-0.05, 0) is 42.5 Å². The van der Waals surface area contributed by atoms with Gasteiger partial charge in [0, 0.05) is 32.4 Å². The molecule has 0 aliphatic carbocycles. The highest BCUT2D eigenvalue weighted by Gasteiger charge is 2.16. The Morgan fingerprint density at radius 3 is 2.58 bits per heavy atom. The predicted molar refractivity (Wildman–Crippen MR) is 128 cm³/mol. The standard InChI is InChI=1S/C26H17BrO6/c1-30-23-4-2-3-16-11-24(33-26(16)23)20-13-25(29)32-22-10-9-18(12-19(20)22)31-14-21(28)15-5-7-17(27)8-6-15/h2-13H,14H2,1H3. The first-order valence-corrected chi connectivity index (χ1v) is 10.9. The Hall–Kier alpha value is -3.84. The third kappa shape index (κ3) is 4.15. The zero-order chi connectivity index (χ0) is 22.9. The Kier molecular flexibility index (Phi) is 5.48. The van der Waals surface area contributed by atoms with Crippen LogP contribution in [-0.4, -0.2) is 19.5 Å². The van der Waals surface area contributed by atoms with Gasteiger partial charge in [0.05, 0.1) is 7.11 Å². The van der Waals surface area contributed by atoms with E-state index >= 15 is 0 Å². The number of benzene rings is 3. The molecule has 0 atom stereocenters. The molecule has 0 radical (unpaired) electrons. The van der Waals surface area contributed by atoms with Crippen LogP contribution < -0.4 is 15.1 Å². The van der Waals surface area contributed by atoms with Gasteiger partial charge in [-0.15, -0.1) is 0 Å². The van der Waals surface area contributed by atoms with Crippen molar-refractivity contribution in [1.29, 1.82) is 0 Å². The third-order valence-corrected chi connectivity index (χ3v) is 5.77. The van der Waals surface area contributed by atoms with E-state index in [1.165, 1.54) is 6.07 Å². The number of para-hydroxylation sites is 1. The Balaban J connectivity index is 1.51. The molecular formula is C26H17BrO6. The second-order valence-electron chi connectivity index (χ2n) is 7.35. The fraction of sp³-hybridized carbons (Fsp3) is 0.0769. The molecule has 0 fully saturated rings. The number of hydrogen-bond donors (Lipinski definition) is 0. The van der Waals surface area contributed by atoms with Gasteiger partial charge in [0.1, 0.15) is 17.1 Å². The van der Waals surface area contributed by atoms with Crippen LogP contribution in [0.1, 0.15) is 10.4 Å². The monoisotopic (exact) mass is 504 g/mol. The van der Waals surface area contributed by atoms with E-state index in [-0.39, 0.29) is 12.4 Å². The van der Waals surface area contributed by atoms with Gasteiger partial charge in [-0.1, -0.05) is 40.2 Å². The lowest BCUT2D eigenvalue weighted by atomic mass is 10.1. The molecule has 0 saturated carbocycles. The first kappa shape index (κ1) is 21.0. The zero-order valence-corrected chi connectivity index (χ0v) is 19.0. The molecule has 2 aromatic heterocycles. The van der Waals surface area contributed by atoms with E-state index in [0.717, 1.165) is 9.86 Å². The molecule has 0 aliphatic rings. The smallest absolute Gasteiger partial charge is 0.336 e. The van der Waals surface area contributed by atoms with Gasteiger partial charge >= 0.3 is 5.63 Å². The van der Waals surface area contributed by atoms with Gasteiger partial charge in [0.2, 0.25) is 0 Å². The molecule has 2 heterocycles. The van der Waals surface area contributed by atoms with Crippen molar-refractivity contribution in [1.82, 2.24) is 0 Å². The van der Waals surface area contributed by atoms with Crippen LogP contribution in [-0.2, 0) is 0 Å². The molecule has 7 heteroatoms. The van der Waals surface area contributed by atoms with Crippen LogP contribution in [0.5, 0.6) is 11.5 Å². The van der Waals surface area contributed by atoms with Crippen molar-refractivity contribution in [3.05, 3.63) is 93.3 Å². The van der Waals surface area contributed by atoms with Crippen molar-refractivity contribution >= 4 is 43.7 Å². The van der Waals surface area contributed by atoms with Crippen LogP contribution in [0.3, 0.4) is 0 Å². The number of furan rings is 1. The van der Waals surface area contributed by atoms with Gasteiger partial charge in [0.15, 0.2) is 23.7 Å². The highest BCUT2D eigenvalue weighted by molar-refractivity contribution is 9.10. The molecule has 6 nitrogen and oxygen atoms in total. The molecule has 5 rings (SSSR count). The van der Waals surface area contributed by atoms with Gasteiger partial charge < -0.3 is 18.3 Å². The van der Waals surface area contributed by atoms with E-state index in [0.29, 0.717) is 44.9 Å². The molecule has 33 heavy (non-hydrogen) atoms. The second-order valence-corrected chi connectivity index (χ2v) is 8.26. The van der Waals surface area contributed by atoms with E-state index in [2.05, 4.69) is 15.9 Å². The Morgan fingerprint density at radius 2 is 1.79 bits per heavy atom. The van der Waals surface area contributed by atoms with Crippen LogP contribution in [0.2, 0.25) is 0 Å². The van der Waals surface area contributed by atoms with Gasteiger partial charge in [0.25, 0.3) is 0 Å². The molecule has 0 amide bonds. The minimum atomic E-state index is -0.496. The molecule has 3 aromatic carbocycles. The van der Waals surface area contributed by atoms with Gasteiger partial charge in [-0.3, -0.25) is 4.79 Å². The number of methoxy groups -OCH3 is 1. The van der Waals surface area contributed by atoms with Crippen LogP contribution >= 0.6 is 15.9 Å². The highest BCUT2D eigenvalue weighted by Crippen LogP contribution is 2.36. The summed E-state index contributed by atoms with van der Waals surface area (Å²) in [5, 5.41) is 1.47. The molecule has 0 bridgehead atoms. The molecule has 5 aromatic rings. The fourth-order valence-corrected chi connectivity index (χ4v) is 3.90. The quantitative estimate of drug-likeness (QED) is 0.201. The Bertz CT molecular complexity index is 1550. The number of carbonyl (C=O) groups is 1. The SMILES string of the molecule is COc1cccc2cc(-c3cc(=O)oc4ccc(OCC(=O)c5ccc(Br)cc5)cc34)oc12. The minimum Gasteiger partial charge on any atom is -0.493 e. The van der Waals surface area contributed by atoms with E-state index in [4.69, 9.17) is 18.3 Å². The lowest BCUT2D eigenvalue weighted by molar-refractivity contribution is 0.0921. The van der Waals surface area contributed by atoms with Crippen LogP contribution in [0.4, 0.5) is 0 Å². The molecule has 0 N–H and O–H groups in total. The lowest BCUT2D eigenvalue weighted by Gasteiger charge is -2.08. The number of Topliss-reactive ketones (excluding diaryl/α,β-unsaturated/α-hetero) is 1. The average Bonchev–Trinajstić information content (AvgIpc) is 3.27. The normalized spacial score (nSPS) is 11.1. The topological polar surface area (TPSA) is 78.9 Å². The summed E-state index contributed by atoms with van der Waals surface area (Å²) in [6.07, 6.45) is 0. The van der Waals surface area contributed by atoms with Crippen molar-refractivity contribution in [3.8, 4) is 22.8 Å². The lowest BCUT2D eigenvalue weighted by Crippen LogP contribution is -2.11. The minimum absolute atomic E-state index is 0.124.